The van der Waals surface area contributed by atoms with Crippen LogP contribution < -0.4 is 10.0 Å². The standard InChI is InChI=1S/C15H24N2O2S/c1-16-10-14-6-8-15(9-7-14)12-20(18,19)17-11-13-4-2-3-5-13/h6-9,13,16-17H,2-5,10-12H2,1H3. The molecule has 2 N–H and O–H groups in total. The van der Waals surface area contributed by atoms with E-state index in [9.17, 15) is 8.42 Å². The molecule has 4 nitrogen and oxygen atoms in total. The van der Waals surface area contributed by atoms with E-state index in [2.05, 4.69) is 10.0 Å². The molecule has 5 heteroatoms. The summed E-state index contributed by atoms with van der Waals surface area (Å²) in [5.74, 6) is 0.599. The van der Waals surface area contributed by atoms with Gasteiger partial charge < -0.3 is 5.32 Å². The number of nitrogens with one attached hydrogen (secondary N) is 2. The molecular weight excluding hydrogens is 272 g/mol. The first-order chi connectivity index (χ1) is 9.59. The minimum Gasteiger partial charge on any atom is -0.316 e. The lowest BCUT2D eigenvalue weighted by Gasteiger charge is -2.11. The van der Waals surface area contributed by atoms with Crippen LogP contribution in [0.3, 0.4) is 0 Å². The first-order valence-electron chi connectivity index (χ1n) is 7.29. The van der Waals surface area contributed by atoms with Crippen molar-refractivity contribution in [3.63, 3.8) is 0 Å². The number of hydrogen-bond donors (Lipinski definition) is 2. The van der Waals surface area contributed by atoms with Crippen molar-refractivity contribution in [2.75, 3.05) is 13.6 Å². The molecule has 1 aliphatic carbocycles. The van der Waals surface area contributed by atoms with E-state index in [0.717, 1.165) is 30.5 Å². The highest BCUT2D eigenvalue weighted by Gasteiger charge is 2.18. The minimum atomic E-state index is -3.21. The van der Waals surface area contributed by atoms with E-state index >= 15 is 0 Å². The summed E-state index contributed by atoms with van der Waals surface area (Å²) < 4.78 is 26.8. The van der Waals surface area contributed by atoms with Crippen LogP contribution in [-0.4, -0.2) is 22.0 Å². The smallest absolute Gasteiger partial charge is 0.215 e. The molecule has 0 spiro atoms. The van der Waals surface area contributed by atoms with Crippen LogP contribution in [0.5, 0.6) is 0 Å². The first kappa shape index (κ1) is 15.5. The average Bonchev–Trinajstić information content (AvgIpc) is 2.92. The molecule has 0 aromatic heterocycles. The van der Waals surface area contributed by atoms with Crippen molar-refractivity contribution in [2.24, 2.45) is 5.92 Å². The minimum absolute atomic E-state index is 0.0690. The van der Waals surface area contributed by atoms with Crippen molar-refractivity contribution in [1.29, 1.82) is 0 Å². The van der Waals surface area contributed by atoms with E-state index in [1.807, 2.05) is 31.3 Å². The van der Waals surface area contributed by atoms with E-state index < -0.39 is 10.0 Å². The Balaban J connectivity index is 1.86. The van der Waals surface area contributed by atoms with Crippen molar-refractivity contribution >= 4 is 10.0 Å². The highest BCUT2D eigenvalue weighted by Crippen LogP contribution is 2.24. The second-order valence-corrected chi connectivity index (χ2v) is 7.41. The summed E-state index contributed by atoms with van der Waals surface area (Å²) in [4.78, 5) is 0. The SMILES string of the molecule is CNCc1ccc(CS(=O)(=O)NCC2CCCC2)cc1. The highest BCUT2D eigenvalue weighted by molar-refractivity contribution is 7.88. The molecule has 0 unspecified atom stereocenters. The van der Waals surface area contributed by atoms with Gasteiger partial charge in [0.1, 0.15) is 0 Å². The van der Waals surface area contributed by atoms with Crippen molar-refractivity contribution < 1.29 is 8.42 Å². The predicted molar refractivity (Wildman–Crippen MR) is 81.8 cm³/mol. The third-order valence-corrected chi connectivity index (χ3v) is 5.15. The van der Waals surface area contributed by atoms with E-state index in [0.29, 0.717) is 12.5 Å². The summed E-state index contributed by atoms with van der Waals surface area (Å²) in [5.41, 5.74) is 2.00. The van der Waals surface area contributed by atoms with Gasteiger partial charge in [0.2, 0.25) is 10.0 Å². The quantitative estimate of drug-likeness (QED) is 0.809. The summed E-state index contributed by atoms with van der Waals surface area (Å²) in [6.45, 7) is 1.40. The van der Waals surface area contributed by atoms with E-state index in [-0.39, 0.29) is 5.75 Å². The molecule has 0 bridgehead atoms. The van der Waals surface area contributed by atoms with Gasteiger partial charge in [-0.3, -0.25) is 0 Å². The molecule has 1 fully saturated rings. The van der Waals surface area contributed by atoms with Crippen LogP contribution in [0.2, 0.25) is 0 Å². The van der Waals surface area contributed by atoms with E-state index in [4.69, 9.17) is 0 Å². The van der Waals surface area contributed by atoms with Gasteiger partial charge in [-0.15, -0.1) is 0 Å². The fourth-order valence-electron chi connectivity index (χ4n) is 2.69. The zero-order valence-electron chi connectivity index (χ0n) is 12.1. The van der Waals surface area contributed by atoms with Crippen LogP contribution in [0.15, 0.2) is 24.3 Å². The molecule has 0 amide bonds. The van der Waals surface area contributed by atoms with Crippen LogP contribution >= 0.6 is 0 Å². The number of sulfonamides is 1. The summed E-state index contributed by atoms with van der Waals surface area (Å²) in [6.07, 6.45) is 4.78. The fourth-order valence-corrected chi connectivity index (χ4v) is 3.91. The Morgan fingerprint density at radius 1 is 1.10 bits per heavy atom. The summed E-state index contributed by atoms with van der Waals surface area (Å²) in [5, 5.41) is 3.07. The van der Waals surface area contributed by atoms with Gasteiger partial charge >= 0.3 is 0 Å². The molecule has 0 aliphatic heterocycles. The maximum Gasteiger partial charge on any atom is 0.215 e. The van der Waals surface area contributed by atoms with Gasteiger partial charge in [-0.2, -0.15) is 0 Å². The maximum atomic E-state index is 12.0. The third kappa shape index (κ3) is 4.89. The predicted octanol–water partition coefficient (Wildman–Crippen LogP) is 2.02. The zero-order valence-corrected chi connectivity index (χ0v) is 12.9. The Morgan fingerprint density at radius 3 is 2.30 bits per heavy atom. The van der Waals surface area contributed by atoms with Crippen LogP contribution in [0.4, 0.5) is 0 Å². The highest BCUT2D eigenvalue weighted by atomic mass is 32.2. The molecule has 1 saturated carbocycles. The molecule has 0 heterocycles. The largest absolute Gasteiger partial charge is 0.316 e. The van der Waals surface area contributed by atoms with Gasteiger partial charge in [0.05, 0.1) is 5.75 Å². The normalized spacial score (nSPS) is 16.6. The van der Waals surface area contributed by atoms with Crippen molar-refractivity contribution in [2.45, 2.75) is 38.0 Å². The van der Waals surface area contributed by atoms with E-state index in [1.54, 1.807) is 0 Å². The Bertz CT molecular complexity index is 505. The lowest BCUT2D eigenvalue weighted by Crippen LogP contribution is -2.29. The zero-order chi connectivity index (χ0) is 14.4. The van der Waals surface area contributed by atoms with Gasteiger partial charge in [-0.25, -0.2) is 13.1 Å². The second kappa shape index (κ2) is 7.20. The Hall–Kier alpha value is -0.910. The Morgan fingerprint density at radius 2 is 1.70 bits per heavy atom. The van der Waals surface area contributed by atoms with Crippen LogP contribution in [-0.2, 0) is 22.3 Å². The molecule has 1 aliphatic rings. The Kier molecular flexibility index (Phi) is 5.57. The molecule has 1 aromatic rings. The molecule has 2 rings (SSSR count). The number of rotatable bonds is 7. The van der Waals surface area contributed by atoms with Gasteiger partial charge in [0.25, 0.3) is 0 Å². The van der Waals surface area contributed by atoms with Crippen molar-refractivity contribution in [1.82, 2.24) is 10.0 Å². The first-order valence-corrected chi connectivity index (χ1v) is 8.94. The van der Waals surface area contributed by atoms with Gasteiger partial charge in [0.15, 0.2) is 0 Å². The molecule has 1 aromatic carbocycles. The molecule has 0 saturated heterocycles. The summed E-state index contributed by atoms with van der Waals surface area (Å²) >= 11 is 0. The third-order valence-electron chi connectivity index (χ3n) is 3.83. The van der Waals surface area contributed by atoms with Crippen molar-refractivity contribution in [3.8, 4) is 0 Å². The number of benzene rings is 1. The van der Waals surface area contributed by atoms with Crippen LogP contribution in [0.25, 0.3) is 0 Å². The van der Waals surface area contributed by atoms with E-state index in [1.165, 1.54) is 12.8 Å². The summed E-state index contributed by atoms with van der Waals surface area (Å²) in [7, 11) is -1.32. The maximum absolute atomic E-state index is 12.0. The van der Waals surface area contributed by atoms with Gasteiger partial charge in [-0.1, -0.05) is 37.1 Å². The van der Waals surface area contributed by atoms with Crippen molar-refractivity contribution in [3.05, 3.63) is 35.4 Å². The van der Waals surface area contributed by atoms with Crippen LogP contribution in [0.1, 0.15) is 36.8 Å². The molecular formula is C15H24N2O2S. The average molecular weight is 296 g/mol. The van der Waals surface area contributed by atoms with Crippen LogP contribution in [0, 0.1) is 5.92 Å². The Labute approximate surface area is 122 Å². The molecule has 20 heavy (non-hydrogen) atoms. The van der Waals surface area contributed by atoms with Gasteiger partial charge in [-0.05, 0) is 36.9 Å². The monoisotopic (exact) mass is 296 g/mol. The lowest BCUT2D eigenvalue weighted by atomic mass is 10.1. The van der Waals surface area contributed by atoms with Gasteiger partial charge in [0, 0.05) is 13.1 Å². The summed E-state index contributed by atoms with van der Waals surface area (Å²) in [6, 6.07) is 7.72. The second-order valence-electron chi connectivity index (χ2n) is 5.60. The fraction of sp³-hybridized carbons (Fsp3) is 0.600. The molecule has 112 valence electrons. The molecule has 0 radical (unpaired) electrons. The number of hydrogen-bond acceptors (Lipinski definition) is 3. The molecule has 0 atom stereocenters. The lowest BCUT2D eigenvalue weighted by molar-refractivity contribution is 0.519. The topological polar surface area (TPSA) is 58.2 Å².